The lowest BCUT2D eigenvalue weighted by Gasteiger charge is -2.37. The van der Waals surface area contributed by atoms with Crippen molar-refractivity contribution in [2.45, 2.75) is 38.1 Å². The number of likely N-dealkylation sites (tertiary alicyclic amines) is 1. The summed E-state index contributed by atoms with van der Waals surface area (Å²) in [6.07, 6.45) is 7.72. The highest BCUT2D eigenvalue weighted by Gasteiger charge is 2.37. The molecule has 18 heavy (non-hydrogen) atoms. The lowest BCUT2D eigenvalue weighted by Crippen LogP contribution is -2.46. The Morgan fingerprint density at radius 1 is 1.28 bits per heavy atom. The molecule has 1 aliphatic heterocycles. The van der Waals surface area contributed by atoms with Crippen molar-refractivity contribution in [1.29, 1.82) is 0 Å². The number of hydrogen-bond acceptors (Lipinski definition) is 2. The third-order valence-corrected chi connectivity index (χ3v) is 4.45. The van der Waals surface area contributed by atoms with Gasteiger partial charge in [-0.25, -0.2) is 4.98 Å². The smallest absolute Gasteiger partial charge is 0.255 e. The summed E-state index contributed by atoms with van der Waals surface area (Å²) in [5.74, 6) is 0.846. The molecule has 2 heterocycles. The number of carbonyl (C=O) groups is 1. The van der Waals surface area contributed by atoms with Crippen LogP contribution in [0.3, 0.4) is 0 Å². The van der Waals surface area contributed by atoms with Gasteiger partial charge >= 0.3 is 0 Å². The predicted octanol–water partition coefficient (Wildman–Crippen LogP) is 3.14. The van der Waals surface area contributed by atoms with Crippen LogP contribution in [0.15, 0.2) is 18.3 Å². The van der Waals surface area contributed by atoms with E-state index in [4.69, 9.17) is 11.6 Å². The molecule has 1 aliphatic carbocycles. The van der Waals surface area contributed by atoms with Gasteiger partial charge in [-0.2, -0.15) is 0 Å². The van der Waals surface area contributed by atoms with Gasteiger partial charge in [0.1, 0.15) is 5.15 Å². The number of piperidine rings is 1. The summed E-state index contributed by atoms with van der Waals surface area (Å²) in [5.41, 5.74) is 0.659. The van der Waals surface area contributed by atoms with Crippen LogP contribution < -0.4 is 0 Å². The van der Waals surface area contributed by atoms with Gasteiger partial charge in [-0.15, -0.1) is 0 Å². The number of hydrogen-bond donors (Lipinski definition) is 0. The summed E-state index contributed by atoms with van der Waals surface area (Å²) in [7, 11) is 0. The van der Waals surface area contributed by atoms with Crippen molar-refractivity contribution in [2.75, 3.05) is 6.54 Å². The molecule has 3 nitrogen and oxygen atoms in total. The first kappa shape index (κ1) is 12.0. The first-order chi connectivity index (χ1) is 8.75. The van der Waals surface area contributed by atoms with E-state index in [0.717, 1.165) is 25.3 Å². The van der Waals surface area contributed by atoms with Crippen molar-refractivity contribution in [3.63, 3.8) is 0 Å². The Morgan fingerprint density at radius 3 is 2.89 bits per heavy atom. The van der Waals surface area contributed by atoms with E-state index in [-0.39, 0.29) is 5.91 Å². The largest absolute Gasteiger partial charge is 0.335 e. The highest BCUT2D eigenvalue weighted by atomic mass is 35.5. The molecule has 2 unspecified atom stereocenters. The number of fused-ring (bicyclic) bond motifs is 1. The van der Waals surface area contributed by atoms with E-state index in [0.29, 0.717) is 16.8 Å². The molecule has 1 aromatic heterocycles. The lowest BCUT2D eigenvalue weighted by atomic mass is 9.91. The molecule has 2 aliphatic rings. The molecule has 4 heteroatoms. The number of nitrogens with zero attached hydrogens (tertiary/aromatic N) is 2. The lowest BCUT2D eigenvalue weighted by molar-refractivity contribution is 0.0548. The standard InChI is InChI=1S/C14H17ClN2O/c15-13-7-6-11(9-16-13)14(18)17-8-2-4-10-3-1-5-12(10)17/h6-7,9-10,12H,1-5,8H2. The fourth-order valence-corrected chi connectivity index (χ4v) is 3.49. The van der Waals surface area contributed by atoms with Crippen molar-refractivity contribution in [1.82, 2.24) is 9.88 Å². The van der Waals surface area contributed by atoms with Gasteiger partial charge < -0.3 is 4.90 Å². The molecule has 0 spiro atoms. The molecule has 0 bridgehead atoms. The van der Waals surface area contributed by atoms with Gasteiger partial charge in [0.2, 0.25) is 0 Å². The summed E-state index contributed by atoms with van der Waals surface area (Å²) < 4.78 is 0. The number of rotatable bonds is 1. The first-order valence-corrected chi connectivity index (χ1v) is 7.06. The predicted molar refractivity (Wildman–Crippen MR) is 70.6 cm³/mol. The van der Waals surface area contributed by atoms with Crippen molar-refractivity contribution < 1.29 is 4.79 Å². The Bertz CT molecular complexity index is 446. The number of aromatic nitrogens is 1. The van der Waals surface area contributed by atoms with Crippen molar-refractivity contribution >= 4 is 17.5 Å². The van der Waals surface area contributed by atoms with Gasteiger partial charge in [-0.1, -0.05) is 18.0 Å². The zero-order chi connectivity index (χ0) is 12.5. The molecule has 1 amide bonds. The molecular formula is C14H17ClN2O. The van der Waals surface area contributed by atoms with Gasteiger partial charge in [0.25, 0.3) is 5.91 Å². The fourth-order valence-electron chi connectivity index (χ4n) is 3.37. The van der Waals surface area contributed by atoms with Crippen LogP contribution in [-0.4, -0.2) is 28.4 Å². The molecule has 0 N–H and O–H groups in total. The third-order valence-electron chi connectivity index (χ3n) is 4.23. The minimum absolute atomic E-state index is 0.121. The molecule has 0 radical (unpaired) electrons. The summed E-state index contributed by atoms with van der Waals surface area (Å²) in [5, 5.41) is 0.434. The molecule has 1 saturated heterocycles. The molecule has 2 fully saturated rings. The Morgan fingerprint density at radius 2 is 2.11 bits per heavy atom. The first-order valence-electron chi connectivity index (χ1n) is 6.68. The molecular weight excluding hydrogens is 248 g/mol. The maximum absolute atomic E-state index is 12.5. The van der Waals surface area contributed by atoms with Gasteiger partial charge in [-0.05, 0) is 43.7 Å². The fraction of sp³-hybridized carbons (Fsp3) is 0.571. The zero-order valence-electron chi connectivity index (χ0n) is 10.3. The van der Waals surface area contributed by atoms with E-state index in [1.807, 2.05) is 0 Å². The average Bonchev–Trinajstić information content (AvgIpc) is 2.87. The zero-order valence-corrected chi connectivity index (χ0v) is 11.1. The van der Waals surface area contributed by atoms with Crippen LogP contribution in [0.2, 0.25) is 5.15 Å². The third kappa shape index (κ3) is 2.12. The monoisotopic (exact) mass is 264 g/mol. The van der Waals surface area contributed by atoms with Gasteiger partial charge in [0.15, 0.2) is 0 Å². The molecule has 96 valence electrons. The van der Waals surface area contributed by atoms with E-state index in [2.05, 4.69) is 9.88 Å². The number of amides is 1. The van der Waals surface area contributed by atoms with E-state index in [1.165, 1.54) is 19.3 Å². The maximum Gasteiger partial charge on any atom is 0.255 e. The van der Waals surface area contributed by atoms with Crippen LogP contribution >= 0.6 is 11.6 Å². The van der Waals surface area contributed by atoms with Crippen LogP contribution in [0.1, 0.15) is 42.5 Å². The minimum Gasteiger partial charge on any atom is -0.335 e. The average molecular weight is 265 g/mol. The van der Waals surface area contributed by atoms with Gasteiger partial charge in [-0.3, -0.25) is 4.79 Å². The van der Waals surface area contributed by atoms with Crippen LogP contribution in [0.5, 0.6) is 0 Å². The Kier molecular flexibility index (Phi) is 3.25. The Labute approximate surface area is 112 Å². The van der Waals surface area contributed by atoms with E-state index < -0.39 is 0 Å². The quantitative estimate of drug-likeness (QED) is 0.730. The van der Waals surface area contributed by atoms with Crippen molar-refractivity contribution in [3.05, 3.63) is 29.0 Å². The highest BCUT2D eigenvalue weighted by molar-refractivity contribution is 6.29. The molecule has 3 rings (SSSR count). The minimum atomic E-state index is 0.121. The normalized spacial score (nSPS) is 27.1. The van der Waals surface area contributed by atoms with Crippen LogP contribution in [0.4, 0.5) is 0 Å². The molecule has 0 aromatic carbocycles. The number of pyridine rings is 1. The molecule has 2 atom stereocenters. The van der Waals surface area contributed by atoms with Crippen LogP contribution in [-0.2, 0) is 0 Å². The highest BCUT2D eigenvalue weighted by Crippen LogP contribution is 2.37. The second-order valence-corrected chi connectivity index (χ2v) is 5.66. The Balaban J connectivity index is 1.81. The number of halogens is 1. The number of carbonyl (C=O) groups excluding carboxylic acids is 1. The SMILES string of the molecule is O=C(c1ccc(Cl)nc1)N1CCCC2CCCC21. The van der Waals surface area contributed by atoms with E-state index >= 15 is 0 Å². The van der Waals surface area contributed by atoms with Crippen molar-refractivity contribution in [3.8, 4) is 0 Å². The van der Waals surface area contributed by atoms with Gasteiger partial charge in [0, 0.05) is 18.8 Å². The summed E-state index contributed by atoms with van der Waals surface area (Å²) in [4.78, 5) is 18.6. The van der Waals surface area contributed by atoms with E-state index in [9.17, 15) is 4.79 Å². The maximum atomic E-state index is 12.5. The summed E-state index contributed by atoms with van der Waals surface area (Å²) in [6.45, 7) is 0.891. The van der Waals surface area contributed by atoms with Crippen LogP contribution in [0.25, 0.3) is 0 Å². The second-order valence-electron chi connectivity index (χ2n) is 5.27. The topological polar surface area (TPSA) is 33.2 Å². The summed E-state index contributed by atoms with van der Waals surface area (Å²) >= 11 is 5.76. The molecule has 1 aromatic rings. The van der Waals surface area contributed by atoms with Gasteiger partial charge in [0.05, 0.1) is 5.56 Å². The second kappa shape index (κ2) is 4.88. The van der Waals surface area contributed by atoms with Crippen molar-refractivity contribution in [2.24, 2.45) is 5.92 Å². The Hall–Kier alpha value is -1.09. The summed E-state index contributed by atoms with van der Waals surface area (Å²) in [6, 6.07) is 3.92. The van der Waals surface area contributed by atoms with Crippen LogP contribution in [0, 0.1) is 5.92 Å². The van der Waals surface area contributed by atoms with E-state index in [1.54, 1.807) is 18.3 Å². The molecule has 1 saturated carbocycles.